The molecule has 0 atom stereocenters. The third-order valence-electron chi connectivity index (χ3n) is 4.24. The van der Waals surface area contributed by atoms with Crippen LogP contribution in [0.1, 0.15) is 18.7 Å². The Hall–Kier alpha value is -1.24. The molecule has 3 heterocycles. The first kappa shape index (κ1) is 14.7. The molecule has 1 aliphatic heterocycles. The molecule has 0 aromatic carbocycles. The zero-order valence-electron chi connectivity index (χ0n) is 12.8. The van der Waals surface area contributed by atoms with Crippen LogP contribution in [0.25, 0.3) is 11.0 Å². The van der Waals surface area contributed by atoms with Crippen LogP contribution in [0.15, 0.2) is 6.20 Å². The lowest BCUT2D eigenvalue weighted by Gasteiger charge is -2.34. The number of halogens is 1. The molecule has 1 aliphatic rings. The highest BCUT2D eigenvalue weighted by molar-refractivity contribution is 6.33. The molecule has 0 bridgehead atoms. The molecule has 0 spiro atoms. The molecule has 1 fully saturated rings. The summed E-state index contributed by atoms with van der Waals surface area (Å²) < 4.78 is 1.74. The lowest BCUT2D eigenvalue weighted by Crippen LogP contribution is -2.41. The average Bonchev–Trinajstić information content (AvgIpc) is 2.82. The van der Waals surface area contributed by atoms with Crippen LogP contribution in [-0.2, 0) is 13.6 Å². The third kappa shape index (κ3) is 3.02. The van der Waals surface area contributed by atoms with E-state index in [4.69, 9.17) is 11.6 Å². The maximum absolute atomic E-state index is 6.23. The summed E-state index contributed by atoms with van der Waals surface area (Å²) >= 11 is 6.23. The van der Waals surface area contributed by atoms with Gasteiger partial charge in [-0.3, -0.25) is 9.58 Å². The number of aryl methyl sites for hydroxylation is 1. The Morgan fingerprint density at radius 1 is 1.29 bits per heavy atom. The highest BCUT2D eigenvalue weighted by Gasteiger charge is 2.21. The van der Waals surface area contributed by atoms with E-state index in [-0.39, 0.29) is 0 Å². The van der Waals surface area contributed by atoms with E-state index in [0.29, 0.717) is 11.2 Å². The van der Waals surface area contributed by atoms with E-state index in [1.54, 1.807) is 10.9 Å². The van der Waals surface area contributed by atoms with Crippen LogP contribution >= 0.6 is 11.6 Å². The van der Waals surface area contributed by atoms with Gasteiger partial charge >= 0.3 is 0 Å². The van der Waals surface area contributed by atoms with E-state index in [1.807, 2.05) is 7.05 Å². The van der Waals surface area contributed by atoms with Crippen LogP contribution in [0.2, 0.25) is 5.15 Å². The monoisotopic (exact) mass is 308 g/mol. The van der Waals surface area contributed by atoms with E-state index in [1.165, 1.54) is 12.8 Å². The van der Waals surface area contributed by atoms with E-state index < -0.39 is 0 Å². The minimum atomic E-state index is 0.492. The normalized spacial score (nSPS) is 18.0. The van der Waals surface area contributed by atoms with Gasteiger partial charge in [-0.2, -0.15) is 5.10 Å². The zero-order valence-corrected chi connectivity index (χ0v) is 13.5. The molecule has 0 saturated carbocycles. The molecule has 0 radical (unpaired) electrons. The zero-order chi connectivity index (χ0) is 15.0. The van der Waals surface area contributed by atoms with Gasteiger partial charge in [-0.25, -0.2) is 9.97 Å². The fourth-order valence-corrected chi connectivity index (χ4v) is 3.13. The fraction of sp³-hybridized carbons (Fsp3) is 0.643. The third-order valence-corrected chi connectivity index (χ3v) is 4.53. The largest absolute Gasteiger partial charge is 0.306 e. The highest BCUT2D eigenvalue weighted by atomic mass is 35.5. The number of hydrogen-bond donors (Lipinski definition) is 0. The molecule has 21 heavy (non-hydrogen) atoms. The average molecular weight is 309 g/mol. The molecular formula is C14H21ClN6. The number of piperidine rings is 1. The molecule has 0 aliphatic carbocycles. The second-order valence-electron chi connectivity index (χ2n) is 5.91. The first-order chi connectivity index (χ1) is 10.0. The lowest BCUT2D eigenvalue weighted by molar-refractivity contribution is 0.138. The van der Waals surface area contributed by atoms with Crippen LogP contribution in [0.5, 0.6) is 0 Å². The quantitative estimate of drug-likeness (QED) is 0.805. The number of fused-ring (bicyclic) bond motifs is 1. The van der Waals surface area contributed by atoms with Crippen LogP contribution in [0.4, 0.5) is 0 Å². The van der Waals surface area contributed by atoms with Crippen molar-refractivity contribution >= 4 is 22.6 Å². The second-order valence-corrected chi connectivity index (χ2v) is 6.27. The Bertz CT molecular complexity index is 630. The Morgan fingerprint density at radius 2 is 2.00 bits per heavy atom. The van der Waals surface area contributed by atoms with Gasteiger partial charge in [0.15, 0.2) is 5.65 Å². The van der Waals surface area contributed by atoms with E-state index >= 15 is 0 Å². The molecule has 1 saturated heterocycles. The first-order valence-corrected chi connectivity index (χ1v) is 7.65. The van der Waals surface area contributed by atoms with Crippen LogP contribution in [0, 0.1) is 0 Å². The molecule has 0 amide bonds. The number of nitrogens with zero attached hydrogens (tertiary/aromatic N) is 6. The van der Waals surface area contributed by atoms with Crippen LogP contribution < -0.4 is 0 Å². The first-order valence-electron chi connectivity index (χ1n) is 7.27. The summed E-state index contributed by atoms with van der Waals surface area (Å²) in [6, 6.07) is 0.685. The van der Waals surface area contributed by atoms with Gasteiger partial charge < -0.3 is 4.90 Å². The molecule has 2 aromatic rings. The van der Waals surface area contributed by atoms with Gasteiger partial charge in [-0.05, 0) is 26.9 Å². The van der Waals surface area contributed by atoms with E-state index in [2.05, 4.69) is 39.0 Å². The molecular weight excluding hydrogens is 288 g/mol. The summed E-state index contributed by atoms with van der Waals surface area (Å²) in [6.07, 6.45) is 4.09. The smallest absolute Gasteiger partial charge is 0.162 e. The van der Waals surface area contributed by atoms with Gasteiger partial charge in [-0.15, -0.1) is 0 Å². The molecule has 7 heteroatoms. The highest BCUT2D eigenvalue weighted by Crippen LogP contribution is 2.21. The maximum atomic E-state index is 6.23. The number of hydrogen-bond acceptors (Lipinski definition) is 5. The Morgan fingerprint density at radius 3 is 2.67 bits per heavy atom. The molecule has 3 rings (SSSR count). The van der Waals surface area contributed by atoms with Crippen LogP contribution in [-0.4, -0.2) is 62.8 Å². The van der Waals surface area contributed by atoms with Crippen molar-refractivity contribution in [3.8, 4) is 0 Å². The van der Waals surface area contributed by atoms with Crippen molar-refractivity contribution in [3.05, 3.63) is 17.2 Å². The topological polar surface area (TPSA) is 50.1 Å². The predicted molar refractivity (Wildman–Crippen MR) is 83.3 cm³/mol. The Labute approximate surface area is 129 Å². The van der Waals surface area contributed by atoms with Gasteiger partial charge in [-0.1, -0.05) is 11.6 Å². The Kier molecular flexibility index (Phi) is 4.10. The molecule has 0 unspecified atom stereocenters. The van der Waals surface area contributed by atoms with Crippen LogP contribution in [0.3, 0.4) is 0 Å². The van der Waals surface area contributed by atoms with Crippen molar-refractivity contribution < 1.29 is 0 Å². The minimum Gasteiger partial charge on any atom is -0.306 e. The van der Waals surface area contributed by atoms with E-state index in [9.17, 15) is 0 Å². The molecule has 0 N–H and O–H groups in total. The molecule has 6 nitrogen and oxygen atoms in total. The van der Waals surface area contributed by atoms with Crippen molar-refractivity contribution in [2.75, 3.05) is 27.2 Å². The van der Waals surface area contributed by atoms with Crippen molar-refractivity contribution in [2.24, 2.45) is 7.05 Å². The molecule has 114 valence electrons. The summed E-state index contributed by atoms with van der Waals surface area (Å²) in [4.78, 5) is 13.7. The van der Waals surface area contributed by atoms with Crippen molar-refractivity contribution in [2.45, 2.75) is 25.4 Å². The van der Waals surface area contributed by atoms with Gasteiger partial charge in [0.2, 0.25) is 0 Å². The number of rotatable bonds is 3. The van der Waals surface area contributed by atoms with Crippen molar-refractivity contribution in [1.29, 1.82) is 0 Å². The summed E-state index contributed by atoms with van der Waals surface area (Å²) in [5, 5.41) is 5.49. The van der Waals surface area contributed by atoms with Gasteiger partial charge in [0.25, 0.3) is 0 Å². The summed E-state index contributed by atoms with van der Waals surface area (Å²) in [5.41, 5.74) is 0.799. The van der Waals surface area contributed by atoms with Gasteiger partial charge in [0.1, 0.15) is 11.0 Å². The standard InChI is InChI=1S/C14H21ClN6/c1-19(2)10-4-6-21(7-5-10)9-12-17-13(15)11-8-16-20(3)14(11)18-12/h8,10H,4-7,9H2,1-3H3. The Balaban J connectivity index is 1.72. The predicted octanol–water partition coefficient (Wildman–Crippen LogP) is 1.54. The van der Waals surface area contributed by atoms with Gasteiger partial charge in [0.05, 0.1) is 18.1 Å². The van der Waals surface area contributed by atoms with Gasteiger partial charge in [0, 0.05) is 26.2 Å². The van der Waals surface area contributed by atoms with Crippen molar-refractivity contribution in [1.82, 2.24) is 29.5 Å². The maximum Gasteiger partial charge on any atom is 0.162 e. The number of likely N-dealkylation sites (tertiary alicyclic amines) is 1. The lowest BCUT2D eigenvalue weighted by atomic mass is 10.0. The summed E-state index contributed by atoms with van der Waals surface area (Å²) in [7, 11) is 6.18. The summed E-state index contributed by atoms with van der Waals surface area (Å²) in [6.45, 7) is 2.90. The fourth-order valence-electron chi connectivity index (χ4n) is 2.89. The SMILES string of the molecule is CN(C)C1CCN(Cc2nc(Cl)c3cnn(C)c3n2)CC1. The van der Waals surface area contributed by atoms with Crippen molar-refractivity contribution in [3.63, 3.8) is 0 Å². The minimum absolute atomic E-state index is 0.492. The van der Waals surface area contributed by atoms with E-state index in [0.717, 1.165) is 36.5 Å². The number of aromatic nitrogens is 4. The molecule has 2 aromatic heterocycles. The summed E-state index contributed by atoms with van der Waals surface area (Å²) in [5.74, 6) is 0.777. The second kappa shape index (κ2) is 5.87.